The molecular weight excluding hydrogens is 272 g/mol. The van der Waals surface area contributed by atoms with Gasteiger partial charge >= 0.3 is 0 Å². The molecule has 0 fully saturated rings. The molecule has 5 heteroatoms. The van der Waals surface area contributed by atoms with Crippen molar-refractivity contribution in [3.8, 4) is 5.75 Å². The number of carbonyl (C=O) groups is 1. The molecule has 0 aromatic heterocycles. The lowest BCUT2D eigenvalue weighted by molar-refractivity contribution is -0.116. The van der Waals surface area contributed by atoms with E-state index >= 15 is 0 Å². The molecule has 20 heavy (non-hydrogen) atoms. The van der Waals surface area contributed by atoms with Crippen LogP contribution >= 0.6 is 12.2 Å². The Morgan fingerprint density at radius 3 is 2.90 bits per heavy atom. The van der Waals surface area contributed by atoms with Gasteiger partial charge in [0, 0.05) is 23.3 Å². The molecule has 1 aliphatic heterocycles. The fourth-order valence-corrected chi connectivity index (χ4v) is 3.08. The SMILES string of the molecule is COc1ccccc1[C@H]1NC(=S)NC2=C1C(=O)CCC2. The number of hydrogen-bond donors (Lipinski definition) is 2. The first kappa shape index (κ1) is 13.1. The van der Waals surface area contributed by atoms with Gasteiger partial charge in [0.25, 0.3) is 0 Å². The number of carbonyl (C=O) groups excluding carboxylic acids is 1. The minimum Gasteiger partial charge on any atom is -0.496 e. The van der Waals surface area contributed by atoms with Crippen LogP contribution in [0.4, 0.5) is 0 Å². The third-order valence-corrected chi connectivity index (χ3v) is 3.95. The van der Waals surface area contributed by atoms with E-state index < -0.39 is 0 Å². The number of ether oxygens (including phenoxy) is 1. The lowest BCUT2D eigenvalue weighted by Gasteiger charge is -2.34. The maximum atomic E-state index is 12.3. The van der Waals surface area contributed by atoms with Crippen molar-refractivity contribution in [2.75, 3.05) is 7.11 Å². The van der Waals surface area contributed by atoms with Crippen LogP contribution in [-0.4, -0.2) is 18.0 Å². The largest absolute Gasteiger partial charge is 0.496 e. The molecule has 0 bridgehead atoms. The standard InChI is InChI=1S/C15H16N2O2S/c1-19-12-8-3-2-5-9(12)14-13-10(16-15(20)17-14)6-4-7-11(13)18/h2-3,5,8,14H,4,6-7H2,1H3,(H2,16,17,20)/t14-/m1/s1. The maximum absolute atomic E-state index is 12.3. The molecular formula is C15H16N2O2S. The van der Waals surface area contributed by atoms with Crippen molar-refractivity contribution in [2.45, 2.75) is 25.3 Å². The van der Waals surface area contributed by atoms with Gasteiger partial charge < -0.3 is 15.4 Å². The highest BCUT2D eigenvalue weighted by Crippen LogP contribution is 2.36. The second kappa shape index (κ2) is 5.25. The van der Waals surface area contributed by atoms with Gasteiger partial charge in [-0.2, -0.15) is 0 Å². The normalized spacial score (nSPS) is 21.9. The summed E-state index contributed by atoms with van der Waals surface area (Å²) >= 11 is 5.26. The zero-order valence-electron chi connectivity index (χ0n) is 11.2. The van der Waals surface area contributed by atoms with E-state index in [2.05, 4.69) is 10.6 Å². The molecule has 104 valence electrons. The van der Waals surface area contributed by atoms with E-state index in [1.807, 2.05) is 24.3 Å². The summed E-state index contributed by atoms with van der Waals surface area (Å²) in [5, 5.41) is 6.89. The van der Waals surface area contributed by atoms with Gasteiger partial charge in [0.05, 0.1) is 13.2 Å². The van der Waals surface area contributed by atoms with Gasteiger partial charge in [-0.1, -0.05) is 18.2 Å². The monoisotopic (exact) mass is 288 g/mol. The summed E-state index contributed by atoms with van der Waals surface area (Å²) in [5.74, 6) is 0.949. The highest BCUT2D eigenvalue weighted by molar-refractivity contribution is 7.80. The molecule has 0 radical (unpaired) electrons. The number of thiocarbonyl (C=S) groups is 1. The first-order valence-electron chi connectivity index (χ1n) is 6.67. The summed E-state index contributed by atoms with van der Waals surface area (Å²) in [4.78, 5) is 12.3. The Bertz CT molecular complexity index is 610. The maximum Gasteiger partial charge on any atom is 0.171 e. The van der Waals surface area contributed by atoms with E-state index in [9.17, 15) is 4.79 Å². The predicted molar refractivity (Wildman–Crippen MR) is 80.5 cm³/mol. The number of methoxy groups -OCH3 is 1. The van der Waals surface area contributed by atoms with Crippen LogP contribution in [0.1, 0.15) is 30.9 Å². The Morgan fingerprint density at radius 2 is 2.10 bits per heavy atom. The number of hydrogen-bond acceptors (Lipinski definition) is 3. The minimum absolute atomic E-state index is 0.185. The molecule has 0 spiro atoms. The van der Waals surface area contributed by atoms with Crippen LogP contribution in [0.2, 0.25) is 0 Å². The number of rotatable bonds is 2. The Balaban J connectivity index is 2.11. The second-order valence-corrected chi connectivity index (χ2v) is 5.35. The van der Waals surface area contributed by atoms with Gasteiger partial charge in [0.1, 0.15) is 5.75 Å². The summed E-state index contributed by atoms with van der Waals surface area (Å²) in [6.45, 7) is 0. The van der Waals surface area contributed by atoms with Crippen molar-refractivity contribution in [1.29, 1.82) is 0 Å². The average Bonchev–Trinajstić information content (AvgIpc) is 2.46. The summed E-state index contributed by atoms with van der Waals surface area (Å²) in [6.07, 6.45) is 2.35. The van der Waals surface area contributed by atoms with Crippen molar-refractivity contribution in [3.05, 3.63) is 41.1 Å². The van der Waals surface area contributed by atoms with Gasteiger partial charge in [0.2, 0.25) is 0 Å². The third kappa shape index (κ3) is 2.18. The van der Waals surface area contributed by atoms with Gasteiger partial charge in [-0.05, 0) is 31.1 Å². The number of ketones is 1. The number of nitrogens with one attached hydrogen (secondary N) is 2. The fourth-order valence-electron chi connectivity index (χ4n) is 2.84. The molecule has 1 aromatic carbocycles. The molecule has 1 aromatic rings. The van der Waals surface area contributed by atoms with Crippen LogP contribution < -0.4 is 15.4 Å². The Kier molecular flexibility index (Phi) is 3.44. The predicted octanol–water partition coefficient (Wildman–Crippen LogP) is 2.22. The molecule has 3 rings (SSSR count). The van der Waals surface area contributed by atoms with Crippen LogP contribution in [0.25, 0.3) is 0 Å². The molecule has 0 amide bonds. The molecule has 2 aliphatic rings. The lowest BCUT2D eigenvalue weighted by Crippen LogP contribution is -2.46. The lowest BCUT2D eigenvalue weighted by atomic mass is 9.85. The first-order valence-corrected chi connectivity index (χ1v) is 7.08. The molecule has 0 unspecified atom stereocenters. The van der Waals surface area contributed by atoms with E-state index in [1.54, 1.807) is 7.11 Å². The van der Waals surface area contributed by atoms with Crippen molar-refractivity contribution in [3.63, 3.8) is 0 Å². The van der Waals surface area contributed by atoms with Crippen LogP contribution in [0.3, 0.4) is 0 Å². The molecule has 4 nitrogen and oxygen atoms in total. The summed E-state index contributed by atoms with van der Waals surface area (Å²) in [7, 11) is 1.64. The molecule has 0 saturated carbocycles. The smallest absolute Gasteiger partial charge is 0.171 e. The van der Waals surface area contributed by atoms with Gasteiger partial charge in [-0.15, -0.1) is 0 Å². The zero-order chi connectivity index (χ0) is 14.1. The summed E-state index contributed by atoms with van der Waals surface area (Å²) in [5.41, 5.74) is 2.71. The van der Waals surface area contributed by atoms with E-state index in [-0.39, 0.29) is 11.8 Å². The van der Waals surface area contributed by atoms with Gasteiger partial charge in [-0.3, -0.25) is 4.79 Å². The van der Waals surface area contributed by atoms with Crippen molar-refractivity contribution in [1.82, 2.24) is 10.6 Å². The van der Waals surface area contributed by atoms with Gasteiger partial charge in [-0.25, -0.2) is 0 Å². The summed E-state index contributed by atoms with van der Waals surface area (Å²) < 4.78 is 5.41. The number of benzene rings is 1. The van der Waals surface area contributed by atoms with Crippen molar-refractivity contribution < 1.29 is 9.53 Å². The minimum atomic E-state index is -0.220. The fraction of sp³-hybridized carbons (Fsp3) is 0.333. The highest BCUT2D eigenvalue weighted by Gasteiger charge is 2.34. The van der Waals surface area contributed by atoms with Gasteiger partial charge in [0.15, 0.2) is 10.9 Å². The van der Waals surface area contributed by atoms with Crippen LogP contribution in [-0.2, 0) is 4.79 Å². The zero-order valence-corrected chi connectivity index (χ0v) is 12.0. The van der Waals surface area contributed by atoms with E-state index in [0.29, 0.717) is 11.5 Å². The molecule has 1 aliphatic carbocycles. The quantitative estimate of drug-likeness (QED) is 0.817. The van der Waals surface area contributed by atoms with Crippen LogP contribution in [0.5, 0.6) is 5.75 Å². The Morgan fingerprint density at radius 1 is 1.30 bits per heavy atom. The number of Topliss-reactive ketones (excluding diaryl/α,β-unsaturated/α-hetero) is 1. The first-order chi connectivity index (χ1) is 9.70. The molecule has 1 atom stereocenters. The van der Waals surface area contributed by atoms with Crippen molar-refractivity contribution >= 4 is 23.1 Å². The van der Waals surface area contributed by atoms with Crippen LogP contribution in [0, 0.1) is 0 Å². The Labute approximate surface area is 123 Å². The number of para-hydroxylation sites is 1. The van der Waals surface area contributed by atoms with E-state index in [0.717, 1.165) is 35.4 Å². The van der Waals surface area contributed by atoms with Crippen molar-refractivity contribution in [2.24, 2.45) is 0 Å². The average molecular weight is 288 g/mol. The molecule has 1 heterocycles. The topological polar surface area (TPSA) is 50.4 Å². The third-order valence-electron chi connectivity index (χ3n) is 3.73. The second-order valence-electron chi connectivity index (χ2n) is 4.94. The van der Waals surface area contributed by atoms with Crippen LogP contribution in [0.15, 0.2) is 35.5 Å². The number of allylic oxidation sites excluding steroid dienone is 1. The van der Waals surface area contributed by atoms with E-state index in [4.69, 9.17) is 17.0 Å². The van der Waals surface area contributed by atoms with E-state index in [1.165, 1.54) is 0 Å². The summed E-state index contributed by atoms with van der Waals surface area (Å²) in [6, 6.07) is 7.51. The molecule has 0 saturated heterocycles. The molecule has 2 N–H and O–H groups in total. The Hall–Kier alpha value is -1.88. The highest BCUT2D eigenvalue weighted by atomic mass is 32.1.